The molecule has 630 valence electrons. The third kappa shape index (κ3) is 80.1. The third-order valence-corrected chi connectivity index (χ3v) is 22.4. The standard InChI is InChI=1S/C87H170O17P2/c1-6-9-12-15-18-21-23-25-27-29-31-32-34-36-38-43-47-52-57-62-67-72-87(92)104-83(77-98-85(90)71-66-61-56-51-46-42-37-35-33-30-28-26-24-22-19-16-13-10-7-2)79-102-106(95,96)100-75-81(88)74-99-105(93,94)101-78-82(76-97-84(89)70-65-60-55-49-20-17-14-11-8-3)103-86(91)73-68-63-58-53-48-44-40-39-41-45-50-54-59-64-69-80(4)5/h80-83,88H,6-79H2,1-5H3,(H,93,94)(H,95,96)/t81-,82+,83+/m0/s1. The number of phosphoric acid groups is 2. The van der Waals surface area contributed by atoms with Crippen LogP contribution in [0.15, 0.2) is 0 Å². The molecule has 19 heteroatoms. The van der Waals surface area contributed by atoms with E-state index < -0.39 is 97.5 Å². The molecule has 0 aromatic rings. The summed E-state index contributed by atoms with van der Waals surface area (Å²) in [6, 6.07) is 0. The number of rotatable bonds is 87. The molecule has 0 rings (SSSR count). The molecule has 0 radical (unpaired) electrons. The van der Waals surface area contributed by atoms with Gasteiger partial charge in [-0.1, -0.05) is 420 Å². The zero-order valence-corrected chi connectivity index (χ0v) is 71.4. The van der Waals surface area contributed by atoms with Gasteiger partial charge in [0.05, 0.1) is 26.4 Å². The van der Waals surface area contributed by atoms with Gasteiger partial charge in [0.15, 0.2) is 12.2 Å². The van der Waals surface area contributed by atoms with Gasteiger partial charge in [0.1, 0.15) is 19.3 Å². The van der Waals surface area contributed by atoms with Gasteiger partial charge in [0, 0.05) is 25.7 Å². The molecular formula is C87H170O17P2. The van der Waals surface area contributed by atoms with Gasteiger partial charge in [-0.3, -0.25) is 37.3 Å². The Kier molecular flexibility index (Phi) is 78.2. The van der Waals surface area contributed by atoms with Crippen LogP contribution in [0.4, 0.5) is 0 Å². The molecule has 0 aromatic carbocycles. The topological polar surface area (TPSA) is 237 Å². The normalized spacial score (nSPS) is 13.7. The molecule has 5 atom stereocenters. The maximum Gasteiger partial charge on any atom is 0.472 e. The van der Waals surface area contributed by atoms with E-state index in [2.05, 4.69) is 34.6 Å². The summed E-state index contributed by atoms with van der Waals surface area (Å²) >= 11 is 0. The molecule has 17 nitrogen and oxygen atoms in total. The summed E-state index contributed by atoms with van der Waals surface area (Å²) in [5, 5.41) is 10.7. The predicted octanol–water partition coefficient (Wildman–Crippen LogP) is 26.8. The Hall–Kier alpha value is -1.94. The molecule has 0 aliphatic rings. The molecule has 0 amide bonds. The fourth-order valence-electron chi connectivity index (χ4n) is 13.6. The number of hydrogen-bond donors (Lipinski definition) is 3. The lowest BCUT2D eigenvalue weighted by Gasteiger charge is -2.21. The number of unbranched alkanes of at least 4 members (excludes halogenated alkanes) is 59. The lowest BCUT2D eigenvalue weighted by Crippen LogP contribution is -2.30. The monoisotopic (exact) mass is 1550 g/mol. The summed E-state index contributed by atoms with van der Waals surface area (Å²) in [4.78, 5) is 73.2. The predicted molar refractivity (Wildman–Crippen MR) is 437 cm³/mol. The van der Waals surface area contributed by atoms with Crippen molar-refractivity contribution in [3.05, 3.63) is 0 Å². The van der Waals surface area contributed by atoms with Crippen molar-refractivity contribution >= 4 is 39.5 Å². The minimum atomic E-state index is -4.97. The summed E-state index contributed by atoms with van der Waals surface area (Å²) in [7, 11) is -9.93. The molecule has 0 aliphatic heterocycles. The van der Waals surface area contributed by atoms with Crippen LogP contribution in [0.2, 0.25) is 0 Å². The zero-order chi connectivity index (χ0) is 77.6. The number of hydrogen-bond acceptors (Lipinski definition) is 15. The van der Waals surface area contributed by atoms with E-state index in [0.29, 0.717) is 25.7 Å². The highest BCUT2D eigenvalue weighted by molar-refractivity contribution is 7.47. The number of esters is 4. The highest BCUT2D eigenvalue weighted by Crippen LogP contribution is 2.45. The summed E-state index contributed by atoms with van der Waals surface area (Å²) in [5.41, 5.74) is 0. The zero-order valence-electron chi connectivity index (χ0n) is 69.6. The lowest BCUT2D eigenvalue weighted by molar-refractivity contribution is -0.161. The van der Waals surface area contributed by atoms with Crippen molar-refractivity contribution in [3.8, 4) is 0 Å². The van der Waals surface area contributed by atoms with Crippen LogP contribution in [-0.4, -0.2) is 96.7 Å². The van der Waals surface area contributed by atoms with E-state index in [1.165, 1.54) is 295 Å². The van der Waals surface area contributed by atoms with Crippen molar-refractivity contribution in [2.24, 2.45) is 5.92 Å². The smallest absolute Gasteiger partial charge is 0.462 e. The average Bonchev–Trinajstić information content (AvgIpc) is 0.901. The van der Waals surface area contributed by atoms with E-state index in [1.807, 2.05) is 0 Å². The Morgan fingerprint density at radius 3 is 0.642 bits per heavy atom. The molecule has 106 heavy (non-hydrogen) atoms. The van der Waals surface area contributed by atoms with Crippen LogP contribution in [-0.2, 0) is 65.4 Å². The van der Waals surface area contributed by atoms with Gasteiger partial charge in [-0.25, -0.2) is 9.13 Å². The van der Waals surface area contributed by atoms with E-state index >= 15 is 0 Å². The van der Waals surface area contributed by atoms with Gasteiger partial charge in [-0.2, -0.15) is 0 Å². The van der Waals surface area contributed by atoms with Crippen molar-refractivity contribution in [3.63, 3.8) is 0 Å². The second kappa shape index (κ2) is 79.7. The summed E-state index contributed by atoms with van der Waals surface area (Å²) in [6.07, 6.45) is 73.7. The highest BCUT2D eigenvalue weighted by atomic mass is 31.2. The molecule has 2 unspecified atom stereocenters. The first-order chi connectivity index (χ1) is 51.5. The Balaban J connectivity index is 5.20. The maximum absolute atomic E-state index is 13.2. The molecule has 0 saturated carbocycles. The Morgan fingerprint density at radius 2 is 0.434 bits per heavy atom. The van der Waals surface area contributed by atoms with Crippen molar-refractivity contribution in [1.82, 2.24) is 0 Å². The first kappa shape index (κ1) is 104. The number of phosphoric ester groups is 2. The van der Waals surface area contributed by atoms with Gasteiger partial charge < -0.3 is 33.8 Å². The van der Waals surface area contributed by atoms with E-state index in [4.69, 9.17) is 37.0 Å². The SMILES string of the molecule is CCCCCCCCCCCCCCCCCCCCCCCC(=O)O[C@H](COC(=O)CCCCCCCCCCCCCCCCCCCCC)COP(=O)(O)OC[C@@H](O)COP(=O)(O)OC[C@@H](COC(=O)CCCCCCCCCCC)OC(=O)CCCCCCCCCCCCCCCCC(C)C. The van der Waals surface area contributed by atoms with E-state index in [-0.39, 0.29) is 25.7 Å². The molecule has 0 fully saturated rings. The number of ether oxygens (including phenoxy) is 4. The first-order valence-corrected chi connectivity index (χ1v) is 48.1. The van der Waals surface area contributed by atoms with E-state index in [1.54, 1.807) is 0 Å². The van der Waals surface area contributed by atoms with Crippen LogP contribution >= 0.6 is 15.6 Å². The van der Waals surface area contributed by atoms with Crippen molar-refractivity contribution in [2.75, 3.05) is 39.6 Å². The lowest BCUT2D eigenvalue weighted by atomic mass is 10.0. The highest BCUT2D eigenvalue weighted by Gasteiger charge is 2.30. The van der Waals surface area contributed by atoms with Crippen LogP contribution in [0.3, 0.4) is 0 Å². The summed E-state index contributed by atoms with van der Waals surface area (Å²) in [5.74, 6) is -1.30. The Bertz CT molecular complexity index is 2010. The molecular weight excluding hydrogens is 1380 g/mol. The second-order valence-corrected chi connectivity index (χ2v) is 34.7. The second-order valence-electron chi connectivity index (χ2n) is 31.8. The van der Waals surface area contributed by atoms with Crippen molar-refractivity contribution in [2.45, 2.75) is 490 Å². The molecule has 0 aliphatic carbocycles. The summed E-state index contributed by atoms with van der Waals surface area (Å²) in [6.45, 7) is 7.37. The van der Waals surface area contributed by atoms with Crippen LogP contribution in [0.1, 0.15) is 471 Å². The van der Waals surface area contributed by atoms with Gasteiger partial charge in [0.25, 0.3) is 0 Å². The Morgan fingerprint density at radius 1 is 0.255 bits per heavy atom. The van der Waals surface area contributed by atoms with Crippen LogP contribution < -0.4 is 0 Å². The van der Waals surface area contributed by atoms with Crippen molar-refractivity contribution in [1.29, 1.82) is 0 Å². The average molecular weight is 1550 g/mol. The van der Waals surface area contributed by atoms with Gasteiger partial charge in [-0.05, 0) is 31.6 Å². The quantitative estimate of drug-likeness (QED) is 0.0222. The third-order valence-electron chi connectivity index (χ3n) is 20.5. The fraction of sp³-hybridized carbons (Fsp3) is 0.954. The number of carbonyl (C=O) groups is 4. The van der Waals surface area contributed by atoms with Crippen LogP contribution in [0.5, 0.6) is 0 Å². The van der Waals surface area contributed by atoms with Gasteiger partial charge in [0.2, 0.25) is 0 Å². The molecule has 3 N–H and O–H groups in total. The van der Waals surface area contributed by atoms with Gasteiger partial charge >= 0.3 is 39.5 Å². The summed E-state index contributed by atoms with van der Waals surface area (Å²) < 4.78 is 68.9. The van der Waals surface area contributed by atoms with Crippen LogP contribution in [0, 0.1) is 5.92 Å². The van der Waals surface area contributed by atoms with Crippen LogP contribution in [0.25, 0.3) is 0 Å². The molecule has 0 spiro atoms. The molecule has 0 aromatic heterocycles. The largest absolute Gasteiger partial charge is 0.472 e. The molecule has 0 saturated heterocycles. The van der Waals surface area contributed by atoms with Crippen molar-refractivity contribution < 1.29 is 80.2 Å². The first-order valence-electron chi connectivity index (χ1n) is 45.1. The molecule has 0 heterocycles. The fourth-order valence-corrected chi connectivity index (χ4v) is 15.2. The maximum atomic E-state index is 13.2. The van der Waals surface area contributed by atoms with E-state index in [9.17, 15) is 43.2 Å². The molecule has 0 bridgehead atoms. The number of aliphatic hydroxyl groups excluding tert-OH is 1. The Labute approximate surface area is 651 Å². The minimum Gasteiger partial charge on any atom is -0.462 e. The van der Waals surface area contributed by atoms with Gasteiger partial charge in [-0.15, -0.1) is 0 Å². The number of carbonyl (C=O) groups excluding carboxylic acids is 4. The van der Waals surface area contributed by atoms with E-state index in [0.717, 1.165) is 95.8 Å². The number of aliphatic hydroxyl groups is 1. The minimum absolute atomic E-state index is 0.108.